The number of hydrogen-bond acceptors (Lipinski definition) is 4. The maximum atomic E-state index is 11.9. The Balaban J connectivity index is 3.17. The molecule has 0 saturated carbocycles. The SMILES string of the molecule is CCC(C)CN(CC)c1c(N)cccc1C(=O)OC. The van der Waals surface area contributed by atoms with Crippen molar-refractivity contribution >= 4 is 17.3 Å². The van der Waals surface area contributed by atoms with Gasteiger partial charge >= 0.3 is 5.97 Å². The Morgan fingerprint density at radius 2 is 2.11 bits per heavy atom. The summed E-state index contributed by atoms with van der Waals surface area (Å²) in [6.07, 6.45) is 1.09. The third-order valence-corrected chi connectivity index (χ3v) is 3.40. The smallest absolute Gasteiger partial charge is 0.340 e. The van der Waals surface area contributed by atoms with Crippen molar-refractivity contribution in [1.82, 2.24) is 0 Å². The molecule has 1 aromatic rings. The number of rotatable bonds is 6. The summed E-state index contributed by atoms with van der Waals surface area (Å²) in [5, 5.41) is 0. The van der Waals surface area contributed by atoms with Crippen LogP contribution in [-0.2, 0) is 4.74 Å². The molecule has 19 heavy (non-hydrogen) atoms. The van der Waals surface area contributed by atoms with Crippen LogP contribution in [0.2, 0.25) is 0 Å². The Morgan fingerprint density at radius 3 is 2.63 bits per heavy atom. The number of ether oxygens (including phenoxy) is 1. The second-order valence-electron chi connectivity index (χ2n) is 4.79. The Labute approximate surface area is 115 Å². The number of nitrogens with two attached hydrogens (primary N) is 1. The van der Waals surface area contributed by atoms with Crippen LogP contribution in [0.3, 0.4) is 0 Å². The maximum absolute atomic E-state index is 11.9. The normalized spacial score (nSPS) is 12.0. The lowest BCUT2D eigenvalue weighted by atomic mass is 10.1. The average Bonchev–Trinajstić information content (AvgIpc) is 2.43. The summed E-state index contributed by atoms with van der Waals surface area (Å²) < 4.78 is 4.84. The van der Waals surface area contributed by atoms with E-state index in [4.69, 9.17) is 10.5 Å². The van der Waals surface area contributed by atoms with Crippen LogP contribution in [0.25, 0.3) is 0 Å². The van der Waals surface area contributed by atoms with Gasteiger partial charge in [-0.25, -0.2) is 4.79 Å². The summed E-state index contributed by atoms with van der Waals surface area (Å²) in [4.78, 5) is 14.0. The molecule has 106 valence electrons. The summed E-state index contributed by atoms with van der Waals surface area (Å²) in [6, 6.07) is 5.36. The molecule has 1 aromatic carbocycles. The molecule has 1 atom stereocenters. The topological polar surface area (TPSA) is 55.6 Å². The highest BCUT2D eigenvalue weighted by atomic mass is 16.5. The minimum atomic E-state index is -0.343. The third kappa shape index (κ3) is 3.63. The molecule has 0 aliphatic heterocycles. The van der Waals surface area contributed by atoms with E-state index in [0.717, 1.165) is 25.2 Å². The summed E-state index contributed by atoms with van der Waals surface area (Å²) in [7, 11) is 1.39. The van der Waals surface area contributed by atoms with Crippen molar-refractivity contribution in [3.8, 4) is 0 Å². The molecule has 2 N–H and O–H groups in total. The van der Waals surface area contributed by atoms with Crippen molar-refractivity contribution in [2.45, 2.75) is 27.2 Å². The number of methoxy groups -OCH3 is 1. The molecule has 0 aliphatic rings. The van der Waals surface area contributed by atoms with Gasteiger partial charge in [0.15, 0.2) is 0 Å². The molecule has 0 radical (unpaired) electrons. The fourth-order valence-electron chi connectivity index (χ4n) is 2.07. The number of hydrogen-bond donors (Lipinski definition) is 1. The number of para-hydroxylation sites is 1. The summed E-state index contributed by atoms with van der Waals surface area (Å²) in [5.74, 6) is 0.204. The number of anilines is 2. The average molecular weight is 264 g/mol. The lowest BCUT2D eigenvalue weighted by Gasteiger charge is -2.29. The van der Waals surface area contributed by atoms with E-state index in [1.807, 2.05) is 6.07 Å². The largest absolute Gasteiger partial charge is 0.465 e. The molecule has 4 nitrogen and oxygen atoms in total. The Kier molecular flexibility index (Phi) is 5.67. The summed E-state index contributed by atoms with van der Waals surface area (Å²) in [6.45, 7) is 8.11. The predicted molar refractivity (Wildman–Crippen MR) is 79.5 cm³/mol. The van der Waals surface area contributed by atoms with Crippen LogP contribution in [0.1, 0.15) is 37.6 Å². The Hall–Kier alpha value is -1.71. The fraction of sp³-hybridized carbons (Fsp3) is 0.533. The van der Waals surface area contributed by atoms with Crippen molar-refractivity contribution in [1.29, 1.82) is 0 Å². The van der Waals surface area contributed by atoms with Crippen molar-refractivity contribution in [3.63, 3.8) is 0 Å². The highest BCUT2D eigenvalue weighted by Crippen LogP contribution is 2.29. The van der Waals surface area contributed by atoms with Gasteiger partial charge < -0.3 is 15.4 Å². The fourth-order valence-corrected chi connectivity index (χ4v) is 2.07. The number of nitrogens with zero attached hydrogens (tertiary/aromatic N) is 1. The first-order valence-electron chi connectivity index (χ1n) is 6.76. The van der Waals surface area contributed by atoms with E-state index in [1.165, 1.54) is 7.11 Å². The number of carbonyl (C=O) groups excluding carboxylic acids is 1. The van der Waals surface area contributed by atoms with E-state index in [-0.39, 0.29) is 5.97 Å². The predicted octanol–water partition coefficient (Wildman–Crippen LogP) is 2.93. The molecule has 0 amide bonds. The van der Waals surface area contributed by atoms with Crippen LogP contribution in [-0.4, -0.2) is 26.2 Å². The molecular weight excluding hydrogens is 240 g/mol. The molecule has 0 aliphatic carbocycles. The summed E-state index contributed by atoms with van der Waals surface area (Å²) in [5.41, 5.74) is 8.00. The van der Waals surface area contributed by atoms with E-state index in [9.17, 15) is 4.79 Å². The number of benzene rings is 1. The lowest BCUT2D eigenvalue weighted by molar-refractivity contribution is 0.0601. The van der Waals surface area contributed by atoms with Gasteiger partial charge in [-0.1, -0.05) is 26.3 Å². The zero-order valence-corrected chi connectivity index (χ0v) is 12.3. The van der Waals surface area contributed by atoms with E-state index in [2.05, 4.69) is 25.7 Å². The zero-order valence-electron chi connectivity index (χ0n) is 12.3. The van der Waals surface area contributed by atoms with Gasteiger partial charge in [0.05, 0.1) is 24.0 Å². The molecule has 0 spiro atoms. The molecule has 0 fully saturated rings. The van der Waals surface area contributed by atoms with Gasteiger partial charge in [0.2, 0.25) is 0 Å². The van der Waals surface area contributed by atoms with Crippen molar-refractivity contribution in [3.05, 3.63) is 23.8 Å². The minimum Gasteiger partial charge on any atom is -0.465 e. The quantitative estimate of drug-likeness (QED) is 0.634. The Bertz CT molecular complexity index is 432. The van der Waals surface area contributed by atoms with Crippen LogP contribution >= 0.6 is 0 Å². The highest BCUT2D eigenvalue weighted by molar-refractivity contribution is 5.99. The van der Waals surface area contributed by atoms with E-state index >= 15 is 0 Å². The second-order valence-corrected chi connectivity index (χ2v) is 4.79. The molecule has 0 heterocycles. The number of carbonyl (C=O) groups is 1. The van der Waals surface area contributed by atoms with Crippen LogP contribution in [0.15, 0.2) is 18.2 Å². The van der Waals surface area contributed by atoms with Gasteiger partial charge in [-0.05, 0) is 25.0 Å². The lowest BCUT2D eigenvalue weighted by Crippen LogP contribution is -2.30. The van der Waals surface area contributed by atoms with E-state index < -0.39 is 0 Å². The van der Waals surface area contributed by atoms with Crippen molar-refractivity contribution < 1.29 is 9.53 Å². The first kappa shape index (κ1) is 15.3. The highest BCUT2D eigenvalue weighted by Gasteiger charge is 2.19. The van der Waals surface area contributed by atoms with Gasteiger partial charge in [0, 0.05) is 13.1 Å². The van der Waals surface area contributed by atoms with Crippen molar-refractivity contribution in [2.75, 3.05) is 30.8 Å². The molecule has 1 rings (SSSR count). The minimum absolute atomic E-state index is 0.343. The van der Waals surface area contributed by atoms with Crippen LogP contribution in [0.5, 0.6) is 0 Å². The first-order valence-corrected chi connectivity index (χ1v) is 6.76. The van der Waals surface area contributed by atoms with Gasteiger partial charge in [0.1, 0.15) is 0 Å². The van der Waals surface area contributed by atoms with Crippen LogP contribution in [0.4, 0.5) is 11.4 Å². The molecule has 1 unspecified atom stereocenters. The second kappa shape index (κ2) is 7.02. The molecule has 0 aromatic heterocycles. The molecular formula is C15H24N2O2. The first-order chi connectivity index (χ1) is 9.04. The van der Waals surface area contributed by atoms with E-state index in [0.29, 0.717) is 17.2 Å². The zero-order chi connectivity index (χ0) is 14.4. The monoisotopic (exact) mass is 264 g/mol. The van der Waals surface area contributed by atoms with Crippen LogP contribution < -0.4 is 10.6 Å². The number of nitrogen functional groups attached to an aromatic ring is 1. The molecule has 0 bridgehead atoms. The van der Waals surface area contributed by atoms with Crippen molar-refractivity contribution in [2.24, 2.45) is 5.92 Å². The Morgan fingerprint density at radius 1 is 1.42 bits per heavy atom. The maximum Gasteiger partial charge on any atom is 0.340 e. The van der Waals surface area contributed by atoms with Gasteiger partial charge in [-0.3, -0.25) is 0 Å². The van der Waals surface area contributed by atoms with E-state index in [1.54, 1.807) is 12.1 Å². The molecule has 0 saturated heterocycles. The third-order valence-electron chi connectivity index (χ3n) is 3.40. The summed E-state index contributed by atoms with van der Waals surface area (Å²) >= 11 is 0. The number of esters is 1. The van der Waals surface area contributed by atoms with Gasteiger partial charge in [-0.15, -0.1) is 0 Å². The van der Waals surface area contributed by atoms with Gasteiger partial charge in [-0.2, -0.15) is 0 Å². The molecule has 4 heteroatoms. The van der Waals surface area contributed by atoms with Gasteiger partial charge in [0.25, 0.3) is 0 Å². The van der Waals surface area contributed by atoms with Crippen LogP contribution in [0, 0.1) is 5.92 Å². The standard InChI is InChI=1S/C15H24N2O2/c1-5-11(3)10-17(6-2)14-12(15(18)19-4)8-7-9-13(14)16/h7-9,11H,5-6,10,16H2,1-4H3.